The lowest BCUT2D eigenvalue weighted by atomic mass is 10.1. The molecular weight excluding hydrogens is 312 g/mol. The Balaban J connectivity index is 3.12. The average molecular weight is 323 g/mol. The van der Waals surface area contributed by atoms with Crippen molar-refractivity contribution in [3.8, 4) is 0 Å². The summed E-state index contributed by atoms with van der Waals surface area (Å²) in [4.78, 5) is 20.9. The van der Waals surface area contributed by atoms with E-state index < -0.39 is 32.0 Å². The Hall–Kier alpha value is -1.87. The Labute approximate surface area is 119 Å². The number of rotatable bonds is 6. The van der Waals surface area contributed by atoms with Gasteiger partial charge in [0.1, 0.15) is 9.84 Å². The summed E-state index contributed by atoms with van der Waals surface area (Å²) in [5.74, 6) is -1.63. The van der Waals surface area contributed by atoms with Gasteiger partial charge < -0.3 is 10.4 Å². The molecule has 0 aliphatic rings. The molecule has 1 aromatic carbocycles. The summed E-state index contributed by atoms with van der Waals surface area (Å²) in [7, 11) is -3.22. The molecule has 0 radical (unpaired) electrons. The maximum absolute atomic E-state index is 11.1. The molecule has 20 heavy (non-hydrogen) atoms. The number of anilines is 1. The number of halogens is 1. The molecule has 0 saturated heterocycles. The van der Waals surface area contributed by atoms with E-state index in [-0.39, 0.29) is 23.0 Å². The summed E-state index contributed by atoms with van der Waals surface area (Å²) < 4.78 is 22.0. The normalized spacial score (nSPS) is 11.1. The maximum Gasteiger partial charge on any atom is 0.338 e. The molecule has 0 fully saturated rings. The molecule has 0 aliphatic heterocycles. The molecule has 1 rings (SSSR count). The second kappa shape index (κ2) is 6.06. The van der Waals surface area contributed by atoms with Crippen molar-refractivity contribution in [2.24, 2.45) is 0 Å². The molecule has 0 aromatic heterocycles. The number of non-ortho nitro benzene ring substituents is 1. The summed E-state index contributed by atoms with van der Waals surface area (Å²) in [6, 6.07) is 1.85. The number of carboxylic acids is 1. The van der Waals surface area contributed by atoms with Gasteiger partial charge in [-0.15, -0.1) is 0 Å². The van der Waals surface area contributed by atoms with Crippen molar-refractivity contribution in [2.75, 3.05) is 23.9 Å². The van der Waals surface area contributed by atoms with Gasteiger partial charge >= 0.3 is 5.97 Å². The molecule has 0 unspecified atom stereocenters. The smallest absolute Gasteiger partial charge is 0.338 e. The minimum absolute atomic E-state index is 0.0478. The first kappa shape index (κ1) is 16.2. The van der Waals surface area contributed by atoms with E-state index in [1.165, 1.54) is 0 Å². The van der Waals surface area contributed by atoms with Crippen LogP contribution in [0.2, 0.25) is 5.02 Å². The van der Waals surface area contributed by atoms with Crippen LogP contribution >= 0.6 is 11.6 Å². The van der Waals surface area contributed by atoms with Crippen LogP contribution in [0.5, 0.6) is 0 Å². The molecule has 2 N–H and O–H groups in total. The predicted octanol–water partition coefficient (Wildman–Crippen LogP) is 1.40. The van der Waals surface area contributed by atoms with Crippen molar-refractivity contribution in [3.63, 3.8) is 0 Å². The molecule has 1 aromatic rings. The fourth-order valence-electron chi connectivity index (χ4n) is 1.41. The molecule has 0 saturated carbocycles. The van der Waals surface area contributed by atoms with E-state index in [1.807, 2.05) is 0 Å². The third kappa shape index (κ3) is 4.35. The topological polar surface area (TPSA) is 127 Å². The monoisotopic (exact) mass is 322 g/mol. The van der Waals surface area contributed by atoms with Gasteiger partial charge in [0.25, 0.3) is 5.69 Å². The zero-order valence-electron chi connectivity index (χ0n) is 10.3. The van der Waals surface area contributed by atoms with E-state index >= 15 is 0 Å². The van der Waals surface area contributed by atoms with E-state index in [4.69, 9.17) is 16.7 Å². The predicted molar refractivity (Wildman–Crippen MR) is 73.3 cm³/mol. The minimum atomic E-state index is -3.22. The van der Waals surface area contributed by atoms with Gasteiger partial charge in [-0.3, -0.25) is 10.1 Å². The van der Waals surface area contributed by atoms with Crippen molar-refractivity contribution >= 4 is 38.8 Å². The minimum Gasteiger partial charge on any atom is -0.478 e. The third-order valence-electron chi connectivity index (χ3n) is 2.29. The first-order chi connectivity index (χ1) is 9.11. The molecule has 10 heteroatoms. The zero-order valence-corrected chi connectivity index (χ0v) is 11.9. The Morgan fingerprint density at radius 2 is 2.10 bits per heavy atom. The largest absolute Gasteiger partial charge is 0.478 e. The van der Waals surface area contributed by atoms with Gasteiger partial charge in [-0.05, 0) is 0 Å². The van der Waals surface area contributed by atoms with Crippen LogP contribution in [0, 0.1) is 10.1 Å². The maximum atomic E-state index is 11.1. The quantitative estimate of drug-likeness (QED) is 0.598. The van der Waals surface area contributed by atoms with Crippen LogP contribution in [0.15, 0.2) is 12.1 Å². The van der Waals surface area contributed by atoms with Gasteiger partial charge in [0.15, 0.2) is 0 Å². The van der Waals surface area contributed by atoms with Crippen molar-refractivity contribution in [1.82, 2.24) is 0 Å². The van der Waals surface area contributed by atoms with E-state index in [0.717, 1.165) is 18.4 Å². The number of carboxylic acid groups (broad SMARTS) is 1. The fourth-order valence-corrected chi connectivity index (χ4v) is 2.16. The zero-order chi connectivity index (χ0) is 15.5. The Morgan fingerprint density at radius 1 is 1.50 bits per heavy atom. The molecule has 110 valence electrons. The summed E-state index contributed by atoms with van der Waals surface area (Å²) >= 11 is 5.79. The van der Waals surface area contributed by atoms with E-state index in [9.17, 15) is 23.3 Å². The number of nitro groups is 1. The summed E-state index contributed by atoms with van der Waals surface area (Å²) in [5, 5.41) is 22.1. The lowest BCUT2D eigenvalue weighted by Gasteiger charge is -2.11. The van der Waals surface area contributed by atoms with Crippen LogP contribution in [0.4, 0.5) is 11.4 Å². The van der Waals surface area contributed by atoms with Gasteiger partial charge in [0, 0.05) is 24.9 Å². The van der Waals surface area contributed by atoms with Crippen molar-refractivity contribution in [2.45, 2.75) is 0 Å². The van der Waals surface area contributed by atoms with Crippen molar-refractivity contribution < 1.29 is 23.2 Å². The Kier molecular flexibility index (Phi) is 4.90. The van der Waals surface area contributed by atoms with Gasteiger partial charge in [-0.1, -0.05) is 11.6 Å². The number of carbonyl (C=O) groups is 1. The summed E-state index contributed by atoms with van der Waals surface area (Å²) in [6.07, 6.45) is 1.03. The van der Waals surface area contributed by atoms with Crippen LogP contribution in [0.3, 0.4) is 0 Å². The molecular formula is C10H11ClN2O6S. The second-order valence-corrected chi connectivity index (χ2v) is 6.64. The van der Waals surface area contributed by atoms with Gasteiger partial charge in [0.2, 0.25) is 0 Å². The lowest BCUT2D eigenvalue weighted by molar-refractivity contribution is -0.384. The van der Waals surface area contributed by atoms with Gasteiger partial charge in [0.05, 0.1) is 26.9 Å². The van der Waals surface area contributed by atoms with Gasteiger partial charge in [-0.2, -0.15) is 0 Å². The number of benzene rings is 1. The number of nitrogens with zero attached hydrogens (tertiary/aromatic N) is 1. The van der Waals surface area contributed by atoms with Crippen molar-refractivity contribution in [3.05, 3.63) is 32.8 Å². The number of hydrogen-bond acceptors (Lipinski definition) is 6. The highest BCUT2D eigenvalue weighted by Gasteiger charge is 2.20. The van der Waals surface area contributed by atoms with E-state index in [2.05, 4.69) is 5.32 Å². The molecule has 0 aliphatic carbocycles. The molecule has 8 nitrogen and oxygen atoms in total. The second-order valence-electron chi connectivity index (χ2n) is 3.97. The molecule has 0 heterocycles. The number of nitrogens with one attached hydrogen (secondary N) is 1. The first-order valence-corrected chi connectivity index (χ1v) is 7.68. The highest BCUT2D eigenvalue weighted by Crippen LogP contribution is 2.31. The standard InChI is InChI=1S/C10H11ClN2O6S/c1-20(18,19)3-2-12-9-7(10(14)15)4-6(13(16)17)5-8(9)11/h4-5,12H,2-3H2,1H3,(H,14,15). The van der Waals surface area contributed by atoms with Crippen LogP contribution in [0.1, 0.15) is 10.4 Å². The highest BCUT2D eigenvalue weighted by atomic mass is 35.5. The summed E-state index contributed by atoms with van der Waals surface area (Å²) in [6.45, 7) is -0.0589. The van der Waals surface area contributed by atoms with E-state index in [1.54, 1.807) is 0 Å². The number of hydrogen-bond donors (Lipinski definition) is 2. The fraction of sp³-hybridized carbons (Fsp3) is 0.300. The summed E-state index contributed by atoms with van der Waals surface area (Å²) in [5.41, 5.74) is -0.896. The highest BCUT2D eigenvalue weighted by molar-refractivity contribution is 7.90. The average Bonchev–Trinajstić information content (AvgIpc) is 2.28. The van der Waals surface area contributed by atoms with Crippen LogP contribution in [-0.4, -0.2) is 43.0 Å². The molecule has 0 amide bonds. The van der Waals surface area contributed by atoms with Crippen LogP contribution < -0.4 is 5.32 Å². The molecule has 0 atom stereocenters. The van der Waals surface area contributed by atoms with Crippen LogP contribution in [0.25, 0.3) is 0 Å². The molecule has 0 bridgehead atoms. The molecule has 0 spiro atoms. The lowest BCUT2D eigenvalue weighted by Crippen LogP contribution is -2.16. The third-order valence-corrected chi connectivity index (χ3v) is 3.53. The number of nitro benzene ring substituents is 1. The van der Waals surface area contributed by atoms with E-state index in [0.29, 0.717) is 0 Å². The van der Waals surface area contributed by atoms with Crippen molar-refractivity contribution in [1.29, 1.82) is 0 Å². The number of aromatic carboxylic acids is 1. The Bertz CT molecular complexity index is 658. The van der Waals surface area contributed by atoms with Gasteiger partial charge in [-0.25, -0.2) is 13.2 Å². The Morgan fingerprint density at radius 3 is 2.55 bits per heavy atom. The SMILES string of the molecule is CS(=O)(=O)CCNc1c(Cl)cc([N+](=O)[O-])cc1C(=O)O. The first-order valence-electron chi connectivity index (χ1n) is 5.24. The number of sulfone groups is 1. The van der Waals surface area contributed by atoms with Crippen LogP contribution in [-0.2, 0) is 9.84 Å².